The van der Waals surface area contributed by atoms with Crippen molar-refractivity contribution in [2.45, 2.75) is 65.1 Å². The van der Waals surface area contributed by atoms with Gasteiger partial charge in [-0.25, -0.2) is 9.67 Å². The summed E-state index contributed by atoms with van der Waals surface area (Å²) in [5.41, 5.74) is 4.36. The molecule has 1 amide bonds. The number of ether oxygens (including phenoxy) is 1. The summed E-state index contributed by atoms with van der Waals surface area (Å²) >= 11 is 3.55. The number of rotatable bonds is 5. The SMILES string of the molecule is Cc1cc(-c2nn(C3CCCCO3)c3ncc(Br)cc23)ccc1CNC(=O)c1noc(C(C)(C)C)n1. The molecule has 1 aliphatic heterocycles. The predicted octanol–water partition coefficient (Wildman–Crippen LogP) is 5.48. The highest BCUT2D eigenvalue weighted by Gasteiger charge is 2.25. The first kappa shape index (κ1) is 24.6. The Labute approximate surface area is 217 Å². The van der Waals surface area contributed by atoms with Crippen LogP contribution >= 0.6 is 15.9 Å². The Morgan fingerprint density at radius 1 is 1.25 bits per heavy atom. The number of hydrogen-bond donors (Lipinski definition) is 1. The first-order valence-electron chi connectivity index (χ1n) is 12.1. The summed E-state index contributed by atoms with van der Waals surface area (Å²) in [6.07, 6.45) is 4.78. The lowest BCUT2D eigenvalue weighted by Gasteiger charge is -2.23. The Balaban J connectivity index is 1.38. The summed E-state index contributed by atoms with van der Waals surface area (Å²) in [4.78, 5) is 21.4. The zero-order valence-electron chi connectivity index (χ0n) is 20.8. The number of hydrogen-bond acceptors (Lipinski definition) is 7. The molecule has 4 heterocycles. The molecule has 1 saturated heterocycles. The minimum absolute atomic E-state index is 0.0363. The molecule has 1 N–H and O–H groups in total. The van der Waals surface area contributed by atoms with E-state index in [0.717, 1.165) is 63.8 Å². The molecule has 188 valence electrons. The highest BCUT2D eigenvalue weighted by atomic mass is 79.9. The number of nitrogens with zero attached hydrogens (tertiary/aromatic N) is 5. The van der Waals surface area contributed by atoms with E-state index in [2.05, 4.69) is 42.4 Å². The number of fused-ring (bicyclic) bond motifs is 1. The summed E-state index contributed by atoms with van der Waals surface area (Å²) in [7, 11) is 0. The Morgan fingerprint density at radius 2 is 2.08 bits per heavy atom. The summed E-state index contributed by atoms with van der Waals surface area (Å²) in [6, 6.07) is 8.16. The van der Waals surface area contributed by atoms with E-state index in [-0.39, 0.29) is 23.4 Å². The van der Waals surface area contributed by atoms with Gasteiger partial charge in [0.25, 0.3) is 11.7 Å². The molecule has 1 aromatic carbocycles. The van der Waals surface area contributed by atoms with E-state index < -0.39 is 0 Å². The molecule has 0 aliphatic carbocycles. The van der Waals surface area contributed by atoms with Crippen LogP contribution in [0.1, 0.15) is 73.9 Å². The normalized spacial score (nSPS) is 16.4. The fourth-order valence-electron chi connectivity index (χ4n) is 4.24. The second-order valence-electron chi connectivity index (χ2n) is 10.1. The highest BCUT2D eigenvalue weighted by Crippen LogP contribution is 2.34. The topological polar surface area (TPSA) is 108 Å². The number of carbonyl (C=O) groups excluding carboxylic acids is 1. The number of carbonyl (C=O) groups is 1. The molecule has 0 saturated carbocycles. The molecular formula is C26H29BrN6O3. The third-order valence-corrected chi connectivity index (χ3v) is 6.70. The van der Waals surface area contributed by atoms with Crippen LogP contribution in [0.5, 0.6) is 0 Å². The smallest absolute Gasteiger partial charge is 0.292 e. The van der Waals surface area contributed by atoms with Gasteiger partial charge in [0.15, 0.2) is 11.9 Å². The number of amides is 1. The van der Waals surface area contributed by atoms with Crippen LogP contribution in [0.3, 0.4) is 0 Å². The monoisotopic (exact) mass is 552 g/mol. The van der Waals surface area contributed by atoms with Crippen molar-refractivity contribution in [2.75, 3.05) is 6.61 Å². The van der Waals surface area contributed by atoms with Crippen LogP contribution in [-0.2, 0) is 16.7 Å². The second kappa shape index (κ2) is 9.74. The van der Waals surface area contributed by atoms with E-state index in [4.69, 9.17) is 14.4 Å². The Morgan fingerprint density at radius 3 is 2.78 bits per heavy atom. The second-order valence-corrected chi connectivity index (χ2v) is 11.1. The van der Waals surface area contributed by atoms with Crippen molar-refractivity contribution in [1.82, 2.24) is 30.2 Å². The number of nitrogens with one attached hydrogen (secondary N) is 1. The van der Waals surface area contributed by atoms with Crippen molar-refractivity contribution in [1.29, 1.82) is 0 Å². The van der Waals surface area contributed by atoms with Gasteiger partial charge < -0.3 is 14.6 Å². The zero-order chi connectivity index (χ0) is 25.4. The van der Waals surface area contributed by atoms with Gasteiger partial charge in [0.2, 0.25) is 5.89 Å². The Hall–Kier alpha value is -3.11. The van der Waals surface area contributed by atoms with Crippen molar-refractivity contribution < 1.29 is 14.1 Å². The van der Waals surface area contributed by atoms with Crippen LogP contribution in [0.15, 0.2) is 39.5 Å². The molecule has 9 nitrogen and oxygen atoms in total. The number of benzene rings is 1. The van der Waals surface area contributed by atoms with Crippen LogP contribution in [0, 0.1) is 6.92 Å². The molecule has 10 heteroatoms. The maximum Gasteiger partial charge on any atom is 0.292 e. The minimum Gasteiger partial charge on any atom is -0.356 e. The van der Waals surface area contributed by atoms with Gasteiger partial charge in [-0.2, -0.15) is 10.1 Å². The van der Waals surface area contributed by atoms with E-state index in [1.54, 1.807) is 6.20 Å². The molecule has 0 radical (unpaired) electrons. The molecule has 5 rings (SSSR count). The molecule has 1 fully saturated rings. The van der Waals surface area contributed by atoms with E-state index in [0.29, 0.717) is 12.4 Å². The zero-order valence-corrected chi connectivity index (χ0v) is 22.4. The van der Waals surface area contributed by atoms with Crippen LogP contribution in [-0.4, -0.2) is 37.4 Å². The molecular weight excluding hydrogens is 524 g/mol. The van der Waals surface area contributed by atoms with Gasteiger partial charge >= 0.3 is 0 Å². The van der Waals surface area contributed by atoms with Crippen molar-refractivity contribution in [2.24, 2.45) is 0 Å². The number of aryl methyl sites for hydroxylation is 1. The minimum atomic E-state index is -0.370. The first-order chi connectivity index (χ1) is 17.2. The van der Waals surface area contributed by atoms with E-state index in [9.17, 15) is 4.79 Å². The molecule has 0 spiro atoms. The summed E-state index contributed by atoms with van der Waals surface area (Å²) in [5.74, 6) is 0.0969. The van der Waals surface area contributed by atoms with E-state index in [1.807, 2.05) is 50.6 Å². The van der Waals surface area contributed by atoms with Gasteiger partial charge in [-0.3, -0.25) is 4.79 Å². The number of halogens is 1. The lowest BCUT2D eigenvalue weighted by Crippen LogP contribution is -2.24. The van der Waals surface area contributed by atoms with Gasteiger partial charge in [-0.1, -0.05) is 38.1 Å². The Kier molecular flexibility index (Phi) is 6.65. The highest BCUT2D eigenvalue weighted by molar-refractivity contribution is 9.10. The summed E-state index contributed by atoms with van der Waals surface area (Å²) in [6.45, 7) is 8.97. The molecule has 3 aromatic heterocycles. The van der Waals surface area contributed by atoms with Gasteiger partial charge in [-0.05, 0) is 65.4 Å². The average Bonchev–Trinajstić information content (AvgIpc) is 3.49. The molecule has 1 unspecified atom stereocenters. The molecule has 0 bridgehead atoms. The van der Waals surface area contributed by atoms with Crippen molar-refractivity contribution in [3.63, 3.8) is 0 Å². The summed E-state index contributed by atoms with van der Waals surface area (Å²) < 4.78 is 14.0. The van der Waals surface area contributed by atoms with Gasteiger partial charge in [0.05, 0.1) is 0 Å². The van der Waals surface area contributed by atoms with Gasteiger partial charge in [-0.15, -0.1) is 0 Å². The van der Waals surface area contributed by atoms with Crippen molar-refractivity contribution in [3.05, 3.63) is 57.8 Å². The molecule has 1 atom stereocenters. The lowest BCUT2D eigenvalue weighted by atomic mass is 9.97. The van der Waals surface area contributed by atoms with E-state index in [1.165, 1.54) is 0 Å². The number of pyridine rings is 1. The third kappa shape index (κ3) is 4.92. The fourth-order valence-corrected chi connectivity index (χ4v) is 4.58. The van der Waals surface area contributed by atoms with Gasteiger partial charge in [0, 0.05) is 40.2 Å². The standard InChI is InChI=1S/C26H29BrN6O3/c1-15-11-16(8-9-17(15)13-29-24(34)22-30-25(36-32-22)26(2,3)4)21-19-12-18(27)14-28-23(19)33(31-21)20-7-5-6-10-35-20/h8-9,11-12,14,20H,5-7,10,13H2,1-4H3,(H,29,34). The third-order valence-electron chi connectivity index (χ3n) is 6.27. The maximum absolute atomic E-state index is 12.6. The largest absolute Gasteiger partial charge is 0.356 e. The maximum atomic E-state index is 12.6. The lowest BCUT2D eigenvalue weighted by molar-refractivity contribution is -0.0368. The van der Waals surface area contributed by atoms with Crippen LogP contribution in [0.2, 0.25) is 0 Å². The molecule has 4 aromatic rings. The average molecular weight is 553 g/mol. The Bertz CT molecular complexity index is 1420. The molecule has 36 heavy (non-hydrogen) atoms. The fraction of sp³-hybridized carbons (Fsp3) is 0.423. The molecule has 1 aliphatic rings. The quantitative estimate of drug-likeness (QED) is 0.349. The van der Waals surface area contributed by atoms with Crippen molar-refractivity contribution in [3.8, 4) is 11.3 Å². The number of aromatic nitrogens is 5. The van der Waals surface area contributed by atoms with Crippen LogP contribution in [0.4, 0.5) is 0 Å². The van der Waals surface area contributed by atoms with Crippen LogP contribution in [0.25, 0.3) is 22.3 Å². The van der Waals surface area contributed by atoms with Gasteiger partial charge in [0.1, 0.15) is 5.69 Å². The van der Waals surface area contributed by atoms with E-state index >= 15 is 0 Å². The van der Waals surface area contributed by atoms with Crippen molar-refractivity contribution >= 4 is 32.9 Å². The summed E-state index contributed by atoms with van der Waals surface area (Å²) in [5, 5.41) is 12.6. The first-order valence-corrected chi connectivity index (χ1v) is 12.9. The predicted molar refractivity (Wildman–Crippen MR) is 138 cm³/mol. The van der Waals surface area contributed by atoms with Crippen LogP contribution < -0.4 is 5.32 Å².